The zero-order valence-corrected chi connectivity index (χ0v) is 60.8. The molecule has 0 radical (unpaired) electrons. The molecule has 0 aliphatic carbocycles. The van der Waals surface area contributed by atoms with Gasteiger partial charge in [0.25, 0.3) is 0 Å². The van der Waals surface area contributed by atoms with Gasteiger partial charge in [0, 0.05) is 38.5 Å². The molecule has 0 unspecified atom stereocenters. The molecule has 43 nitrogen and oxygen atoms in total. The average molecular weight is 1570 g/mol. The van der Waals surface area contributed by atoms with Gasteiger partial charge in [0.1, 0.15) is 78.5 Å². The van der Waals surface area contributed by atoms with Gasteiger partial charge >= 0.3 is 41.8 Å². The van der Waals surface area contributed by atoms with Gasteiger partial charge in [-0.3, -0.25) is 91.1 Å². The molecule has 14 atom stereocenters. The number of carbonyl (C=O) groups is 20. The molecule has 0 aromatic heterocycles. The summed E-state index contributed by atoms with van der Waals surface area (Å²) in [6.07, 6.45) is -10.6. The first-order chi connectivity index (χ1) is 52.1. The Bertz CT molecular complexity index is 3640. The van der Waals surface area contributed by atoms with Crippen molar-refractivity contribution < 1.29 is 142 Å². The van der Waals surface area contributed by atoms with E-state index in [0.717, 1.165) is 0 Å². The minimum atomic E-state index is -2.23. The van der Waals surface area contributed by atoms with Crippen molar-refractivity contribution in [1.82, 2.24) is 63.8 Å². The van der Waals surface area contributed by atoms with Gasteiger partial charge in [-0.1, -0.05) is 94.8 Å². The molecule has 0 saturated heterocycles. The van der Waals surface area contributed by atoms with Crippen molar-refractivity contribution in [2.24, 2.45) is 23.3 Å². The average Bonchev–Trinajstić information content (AvgIpc) is 0.853. The number of amides is 13. The van der Waals surface area contributed by atoms with E-state index in [1.165, 1.54) is 76.2 Å². The van der Waals surface area contributed by atoms with Crippen LogP contribution in [-0.4, -0.2) is 256 Å². The normalized spacial score (nSPS) is 14.7. The molecule has 0 spiro atoms. The quantitative estimate of drug-likeness (QED) is 0.0293. The molecule has 0 aliphatic rings. The number of hydrogen-bond acceptors (Lipinski definition) is 23. The van der Waals surface area contributed by atoms with Crippen LogP contribution in [0, 0.1) is 11.8 Å². The van der Waals surface area contributed by atoms with Crippen LogP contribution in [0.25, 0.3) is 0 Å². The summed E-state index contributed by atoms with van der Waals surface area (Å²) in [4.78, 5) is 263. The fraction of sp³-hybridized carbons (Fsp3) is 0.529. The second-order valence-electron chi connectivity index (χ2n) is 26.0. The van der Waals surface area contributed by atoms with E-state index in [0.29, 0.717) is 11.1 Å². The largest absolute Gasteiger partial charge is 0.481 e. The van der Waals surface area contributed by atoms with Gasteiger partial charge in [-0.2, -0.15) is 0 Å². The lowest BCUT2D eigenvalue weighted by Crippen LogP contribution is -2.62. The standard InChI is InChI=1S/C68H96N14O29/c1-5-33(4)55(67(109)73-39(19-23-51(90)91)58(100)74-40(68(110)111)16-20-48(70)85)82-65(107)46(29-54(96)97)80-64(106)45(28-53(94)95)79-60(102)41(24-32(2)3)76-66(108)47(31-84)81-62(104)43(26-35-14-10-7-11-15-35)77-59(101)38(18-22-50(88)89)71-57(99)37(17-21-49(86)87)72-61(103)42(25-34-12-8-6-9-13-34)78-63(105)44(27-52(92)93)75-56(98)36(69)30-83/h6-15,32-33,36-47,55,83-84H,5,16-31,69H2,1-4H3,(H2,70,85)(H,71,99)(H,72,103)(H,73,109)(H,74,100)(H,75,98)(H,76,108)(H,77,101)(H,78,105)(H,79,102)(H,80,106)(H,81,104)(H,82,107)(H,86,87)(H,88,89)(H,90,91)(H,92,93)(H,94,95)(H,96,97)(H,110,111)/t33-,36-,37-,38-,39-,40-,41-,42-,43-,44-,45-,46-,47-,55-/m0/s1. The Hall–Kier alpha value is -12.3. The third-order valence-corrected chi connectivity index (χ3v) is 16.5. The van der Waals surface area contributed by atoms with Crippen LogP contribution in [0.1, 0.15) is 122 Å². The fourth-order valence-electron chi connectivity index (χ4n) is 10.4. The minimum absolute atomic E-state index is 0.0515. The number of nitrogens with two attached hydrogens (primary N) is 2. The molecule has 0 aliphatic heterocycles. The molecule has 2 aromatic carbocycles. The van der Waals surface area contributed by atoms with Crippen LogP contribution in [0.2, 0.25) is 0 Å². The summed E-state index contributed by atoms with van der Waals surface area (Å²) >= 11 is 0. The number of carboxylic acid groups (broad SMARTS) is 7. The van der Waals surface area contributed by atoms with E-state index in [1.54, 1.807) is 12.1 Å². The van der Waals surface area contributed by atoms with E-state index in [1.807, 2.05) is 5.32 Å². The van der Waals surface area contributed by atoms with Crippen LogP contribution >= 0.6 is 0 Å². The summed E-state index contributed by atoms with van der Waals surface area (Å²) in [6.45, 7) is 3.77. The molecule has 2 aromatic rings. The third-order valence-electron chi connectivity index (χ3n) is 16.5. The summed E-state index contributed by atoms with van der Waals surface area (Å²) in [5.74, 6) is -29.5. The maximum atomic E-state index is 14.5. The summed E-state index contributed by atoms with van der Waals surface area (Å²) in [5, 5.41) is 114. The molecule has 0 heterocycles. The monoisotopic (exact) mass is 1570 g/mol. The fourth-order valence-corrected chi connectivity index (χ4v) is 10.4. The number of carbonyl (C=O) groups excluding carboxylic acids is 13. The minimum Gasteiger partial charge on any atom is -0.481 e. The van der Waals surface area contributed by atoms with Crippen LogP contribution < -0.4 is 75.3 Å². The van der Waals surface area contributed by atoms with E-state index < -0.39 is 306 Å². The Morgan fingerprint density at radius 3 is 0.955 bits per heavy atom. The zero-order valence-electron chi connectivity index (χ0n) is 60.8. The number of aliphatic carboxylic acids is 7. The first-order valence-corrected chi connectivity index (χ1v) is 34.6. The summed E-state index contributed by atoms with van der Waals surface area (Å²) in [6, 6.07) is -9.54. The van der Waals surface area contributed by atoms with Crippen LogP contribution in [0.4, 0.5) is 0 Å². The van der Waals surface area contributed by atoms with Crippen LogP contribution in [0.15, 0.2) is 60.7 Å². The van der Waals surface area contributed by atoms with Crippen molar-refractivity contribution in [3.05, 3.63) is 71.8 Å². The second kappa shape index (κ2) is 48.2. The highest BCUT2D eigenvalue weighted by atomic mass is 16.4. The van der Waals surface area contributed by atoms with Crippen molar-refractivity contribution >= 4 is 119 Å². The van der Waals surface area contributed by atoms with Crippen LogP contribution in [0.5, 0.6) is 0 Å². The van der Waals surface area contributed by atoms with Crippen LogP contribution in [-0.2, 0) is 109 Å². The van der Waals surface area contributed by atoms with Gasteiger partial charge in [-0.25, -0.2) is 4.79 Å². The van der Waals surface area contributed by atoms with Crippen molar-refractivity contribution in [3.8, 4) is 0 Å². The molecule has 0 saturated carbocycles. The predicted molar refractivity (Wildman–Crippen MR) is 378 cm³/mol. The van der Waals surface area contributed by atoms with E-state index >= 15 is 0 Å². The summed E-state index contributed by atoms with van der Waals surface area (Å²) in [5.41, 5.74) is 11.3. The topological polar surface area (TPSA) is 720 Å². The highest BCUT2D eigenvalue weighted by Crippen LogP contribution is 2.15. The molecule has 0 bridgehead atoms. The molecular weight excluding hydrogens is 1480 g/mol. The molecule has 612 valence electrons. The molecule has 111 heavy (non-hydrogen) atoms. The number of nitrogens with one attached hydrogen (secondary N) is 12. The summed E-state index contributed by atoms with van der Waals surface area (Å²) in [7, 11) is 0. The number of rotatable bonds is 53. The molecule has 0 fully saturated rings. The van der Waals surface area contributed by atoms with Gasteiger partial charge < -0.3 is 121 Å². The van der Waals surface area contributed by atoms with Gasteiger partial charge in [0.2, 0.25) is 76.8 Å². The first kappa shape index (κ1) is 94.8. The van der Waals surface area contributed by atoms with E-state index in [2.05, 4.69) is 58.5 Å². The van der Waals surface area contributed by atoms with Crippen molar-refractivity contribution in [1.29, 1.82) is 0 Å². The number of aliphatic hydroxyl groups excluding tert-OH is 2. The van der Waals surface area contributed by atoms with E-state index in [9.17, 15) is 142 Å². The molecule has 25 N–H and O–H groups in total. The lowest BCUT2D eigenvalue weighted by atomic mass is 9.96. The van der Waals surface area contributed by atoms with Gasteiger partial charge in [0.05, 0.1) is 32.5 Å². The highest BCUT2D eigenvalue weighted by Gasteiger charge is 2.40. The third kappa shape index (κ3) is 36.0. The number of primary amides is 1. The zero-order chi connectivity index (χ0) is 83.9. The Morgan fingerprint density at radius 2 is 0.622 bits per heavy atom. The number of aliphatic hydroxyl groups is 2. The second-order valence-corrected chi connectivity index (χ2v) is 26.0. The lowest BCUT2D eigenvalue weighted by Gasteiger charge is -2.29. The highest BCUT2D eigenvalue weighted by molar-refractivity contribution is 6.01. The molecule has 43 heteroatoms. The smallest absolute Gasteiger partial charge is 0.326 e. The van der Waals surface area contributed by atoms with Crippen LogP contribution in [0.3, 0.4) is 0 Å². The van der Waals surface area contributed by atoms with Crippen molar-refractivity contribution in [2.45, 2.75) is 203 Å². The van der Waals surface area contributed by atoms with Crippen molar-refractivity contribution in [3.63, 3.8) is 0 Å². The number of carboxylic acids is 7. The Morgan fingerprint density at radius 1 is 0.333 bits per heavy atom. The Labute approximate surface area is 633 Å². The Kier molecular flexibility index (Phi) is 41.2. The maximum absolute atomic E-state index is 14.5. The molecule has 2 rings (SSSR count). The summed E-state index contributed by atoms with van der Waals surface area (Å²) < 4.78 is 0. The Balaban J connectivity index is 2.57. The SMILES string of the molecule is CC[C@H](C)[C@H](NC(=O)[C@H](CC(=O)O)NC(=O)[C@H](CC(=O)O)NC(=O)[C@H](CC(C)C)NC(=O)[C@H](CO)NC(=O)[C@H](Cc1ccccc1)NC(=O)[C@H](CCC(=O)O)NC(=O)[C@H](CCC(=O)O)NC(=O)[C@H](Cc1ccccc1)NC(=O)[C@H](CC(=O)O)NC(=O)[C@@H](N)CO)C(=O)N[C@@H](CCC(=O)O)C(=O)N[C@@H](CCC(N)=O)C(=O)O. The lowest BCUT2D eigenvalue weighted by molar-refractivity contribution is -0.144. The van der Waals surface area contributed by atoms with E-state index in [4.69, 9.17) is 11.5 Å². The first-order valence-electron chi connectivity index (χ1n) is 34.6. The van der Waals surface area contributed by atoms with Gasteiger partial charge in [-0.15, -0.1) is 0 Å². The maximum Gasteiger partial charge on any atom is 0.326 e. The number of benzene rings is 2. The molecule has 13 amide bonds. The van der Waals surface area contributed by atoms with Crippen molar-refractivity contribution in [2.75, 3.05) is 13.2 Å². The van der Waals surface area contributed by atoms with Gasteiger partial charge in [0.15, 0.2) is 0 Å². The predicted octanol–water partition coefficient (Wildman–Crippen LogP) is -6.94. The number of hydrogen-bond donors (Lipinski definition) is 23. The van der Waals surface area contributed by atoms with Gasteiger partial charge in [-0.05, 0) is 55.1 Å². The molecular formula is C68H96N14O29. The van der Waals surface area contributed by atoms with E-state index in [-0.39, 0.29) is 12.8 Å².